The number of benzene rings is 3. The lowest BCUT2D eigenvalue weighted by Gasteiger charge is -2.33. The first kappa shape index (κ1) is 30.3. The summed E-state index contributed by atoms with van der Waals surface area (Å²) in [5, 5.41) is 3.22. The van der Waals surface area contributed by atoms with E-state index < -0.39 is 16.1 Å². The van der Waals surface area contributed by atoms with Gasteiger partial charge in [-0.25, -0.2) is 8.42 Å². The summed E-state index contributed by atoms with van der Waals surface area (Å²) in [7, 11) is -3.55. The summed E-state index contributed by atoms with van der Waals surface area (Å²) >= 11 is 0. The molecule has 0 heterocycles. The molecule has 0 bridgehead atoms. The zero-order chi connectivity index (χ0) is 29.2. The number of rotatable bonds is 13. The summed E-state index contributed by atoms with van der Waals surface area (Å²) in [5.41, 5.74) is 3.38. The molecule has 8 heteroatoms. The minimum atomic E-state index is -3.55. The Balaban J connectivity index is 1.57. The highest BCUT2D eigenvalue weighted by molar-refractivity contribution is 7.92. The lowest BCUT2D eigenvalue weighted by atomic mass is 10.0. The lowest BCUT2D eigenvalue weighted by Crippen LogP contribution is -2.52. The number of nitrogens with one attached hydrogen (secondary N) is 1. The van der Waals surface area contributed by atoms with Crippen molar-refractivity contribution in [1.82, 2.24) is 10.2 Å². The van der Waals surface area contributed by atoms with Gasteiger partial charge < -0.3 is 10.2 Å². The normalized spacial score (nSPS) is 14.4. The summed E-state index contributed by atoms with van der Waals surface area (Å²) < 4.78 is 26.7. The molecular weight excluding hydrogens is 534 g/mol. The van der Waals surface area contributed by atoms with Gasteiger partial charge in [0.05, 0.1) is 11.9 Å². The van der Waals surface area contributed by atoms with Crippen molar-refractivity contribution < 1.29 is 18.0 Å². The van der Waals surface area contributed by atoms with E-state index in [0.717, 1.165) is 42.4 Å². The van der Waals surface area contributed by atoms with Crippen molar-refractivity contribution in [3.63, 3.8) is 0 Å². The maximum absolute atomic E-state index is 13.9. The number of carbonyl (C=O) groups is 2. The van der Waals surface area contributed by atoms with Crippen LogP contribution in [-0.4, -0.2) is 50.0 Å². The third-order valence-corrected chi connectivity index (χ3v) is 8.88. The first-order valence-corrected chi connectivity index (χ1v) is 16.3. The second kappa shape index (κ2) is 14.3. The van der Waals surface area contributed by atoms with Gasteiger partial charge in [-0.1, -0.05) is 91.7 Å². The summed E-state index contributed by atoms with van der Waals surface area (Å²) in [6.45, 7) is 2.34. The maximum atomic E-state index is 13.9. The van der Waals surface area contributed by atoms with Gasteiger partial charge >= 0.3 is 0 Å². The first-order valence-electron chi connectivity index (χ1n) is 14.4. The lowest BCUT2D eigenvalue weighted by molar-refractivity contribution is -0.141. The number of hydrogen-bond donors (Lipinski definition) is 1. The maximum Gasteiger partial charge on any atom is 0.243 e. The van der Waals surface area contributed by atoms with Crippen molar-refractivity contribution in [2.45, 2.75) is 70.5 Å². The summed E-state index contributed by atoms with van der Waals surface area (Å²) in [6.07, 6.45) is 6.13. The molecule has 0 aliphatic heterocycles. The molecule has 1 aliphatic carbocycles. The predicted octanol–water partition coefficient (Wildman–Crippen LogP) is 5.24. The molecule has 0 unspecified atom stereocenters. The van der Waals surface area contributed by atoms with Gasteiger partial charge in [0, 0.05) is 32.0 Å². The first-order chi connectivity index (χ1) is 19.7. The molecule has 41 heavy (non-hydrogen) atoms. The van der Waals surface area contributed by atoms with Crippen molar-refractivity contribution in [2.24, 2.45) is 0 Å². The van der Waals surface area contributed by atoms with Crippen LogP contribution in [0.5, 0.6) is 0 Å². The van der Waals surface area contributed by atoms with E-state index >= 15 is 0 Å². The average molecular weight is 576 g/mol. The molecule has 7 nitrogen and oxygen atoms in total. The third kappa shape index (κ3) is 8.67. The molecule has 1 fully saturated rings. The fourth-order valence-corrected chi connectivity index (χ4v) is 6.55. The van der Waals surface area contributed by atoms with Crippen LogP contribution in [0.25, 0.3) is 0 Å². The quantitative estimate of drug-likeness (QED) is 0.302. The number of carbonyl (C=O) groups excluding carboxylic acids is 2. The van der Waals surface area contributed by atoms with E-state index in [1.54, 1.807) is 11.0 Å². The molecule has 3 aromatic rings. The van der Waals surface area contributed by atoms with E-state index in [0.29, 0.717) is 25.1 Å². The number of para-hydroxylation sites is 1. The molecule has 1 atom stereocenters. The van der Waals surface area contributed by atoms with Gasteiger partial charge in [0.2, 0.25) is 21.8 Å². The Hall–Kier alpha value is -3.65. The van der Waals surface area contributed by atoms with Crippen LogP contribution in [0.3, 0.4) is 0 Å². The number of amides is 2. The van der Waals surface area contributed by atoms with Gasteiger partial charge in [-0.15, -0.1) is 0 Å². The highest BCUT2D eigenvalue weighted by Crippen LogP contribution is 2.24. The molecule has 0 spiro atoms. The Labute approximate surface area is 244 Å². The van der Waals surface area contributed by atoms with Gasteiger partial charge in [0.25, 0.3) is 0 Å². The zero-order valence-corrected chi connectivity index (χ0v) is 24.9. The minimum absolute atomic E-state index is 0.118. The fourth-order valence-electron chi connectivity index (χ4n) is 5.53. The molecule has 1 aliphatic rings. The van der Waals surface area contributed by atoms with Crippen LogP contribution < -0.4 is 9.62 Å². The number of aryl methyl sites for hydroxylation is 1. The second-order valence-corrected chi connectivity index (χ2v) is 12.8. The SMILES string of the molecule is Cc1ccccc1N(CCCC(=O)N(Cc1ccccc1)[C@H](Cc1ccccc1)C(=O)NC1CCCC1)S(C)(=O)=O. The average Bonchev–Trinajstić information content (AvgIpc) is 3.47. The van der Waals surface area contributed by atoms with Crippen molar-refractivity contribution in [3.8, 4) is 0 Å². The van der Waals surface area contributed by atoms with Gasteiger partial charge in [-0.2, -0.15) is 0 Å². The van der Waals surface area contributed by atoms with E-state index in [-0.39, 0.29) is 30.8 Å². The number of hydrogen-bond acceptors (Lipinski definition) is 4. The Morgan fingerprint density at radius 1 is 0.878 bits per heavy atom. The van der Waals surface area contributed by atoms with E-state index in [9.17, 15) is 18.0 Å². The monoisotopic (exact) mass is 575 g/mol. The summed E-state index contributed by atoms with van der Waals surface area (Å²) in [6, 6.07) is 26.2. The Morgan fingerprint density at radius 2 is 1.46 bits per heavy atom. The molecule has 1 saturated carbocycles. The molecular formula is C33H41N3O4S. The minimum Gasteiger partial charge on any atom is -0.352 e. The van der Waals surface area contributed by atoms with Crippen molar-refractivity contribution in [1.29, 1.82) is 0 Å². The molecule has 2 amide bonds. The van der Waals surface area contributed by atoms with E-state index in [4.69, 9.17) is 0 Å². The van der Waals surface area contributed by atoms with E-state index in [1.807, 2.05) is 85.8 Å². The highest BCUT2D eigenvalue weighted by atomic mass is 32.2. The predicted molar refractivity (Wildman–Crippen MR) is 164 cm³/mol. The molecule has 3 aromatic carbocycles. The smallest absolute Gasteiger partial charge is 0.243 e. The molecule has 0 radical (unpaired) electrons. The molecule has 4 rings (SSSR count). The Morgan fingerprint density at radius 3 is 2.07 bits per heavy atom. The molecule has 1 N–H and O–H groups in total. The molecule has 0 saturated heterocycles. The number of anilines is 1. The van der Waals surface area contributed by atoms with Crippen molar-refractivity contribution >= 4 is 27.5 Å². The van der Waals surface area contributed by atoms with Gasteiger partial charge in [-0.05, 0) is 48.9 Å². The molecule has 0 aromatic heterocycles. The van der Waals surface area contributed by atoms with Crippen molar-refractivity contribution in [2.75, 3.05) is 17.1 Å². The van der Waals surface area contributed by atoms with E-state index in [2.05, 4.69) is 5.32 Å². The third-order valence-electron chi connectivity index (χ3n) is 7.70. The second-order valence-electron chi connectivity index (χ2n) is 10.9. The van der Waals surface area contributed by atoms with Crippen LogP contribution >= 0.6 is 0 Å². The van der Waals surface area contributed by atoms with Crippen LogP contribution in [0.2, 0.25) is 0 Å². The Kier molecular flexibility index (Phi) is 10.6. The van der Waals surface area contributed by atoms with Gasteiger partial charge in [0.15, 0.2) is 0 Å². The van der Waals surface area contributed by atoms with Crippen LogP contribution in [0, 0.1) is 6.92 Å². The number of sulfonamides is 1. The zero-order valence-electron chi connectivity index (χ0n) is 24.0. The van der Waals surface area contributed by atoms with Gasteiger partial charge in [0.1, 0.15) is 6.04 Å². The van der Waals surface area contributed by atoms with Gasteiger partial charge in [-0.3, -0.25) is 13.9 Å². The fraction of sp³-hybridized carbons (Fsp3) is 0.394. The van der Waals surface area contributed by atoms with Crippen LogP contribution in [-0.2, 0) is 32.6 Å². The number of nitrogens with zero attached hydrogens (tertiary/aromatic N) is 2. The van der Waals surface area contributed by atoms with Crippen molar-refractivity contribution in [3.05, 3.63) is 102 Å². The standard InChI is InChI=1S/C33H41N3O4S/c1-26-14-9-12-21-30(26)36(41(2,39)40)23-13-22-32(37)35(25-28-17-7-4-8-18-28)31(24-27-15-5-3-6-16-27)33(38)34-29-19-10-11-20-29/h3-9,12,14-18,21,29,31H,10-11,13,19-20,22-25H2,1-2H3,(H,34,38)/t31-/m1/s1. The largest absolute Gasteiger partial charge is 0.352 e. The van der Waals surface area contributed by atoms with Crippen LogP contribution in [0.4, 0.5) is 5.69 Å². The summed E-state index contributed by atoms with van der Waals surface area (Å²) in [4.78, 5) is 29.4. The summed E-state index contributed by atoms with van der Waals surface area (Å²) in [5.74, 6) is -0.308. The molecule has 218 valence electrons. The van der Waals surface area contributed by atoms with Crippen LogP contribution in [0.15, 0.2) is 84.9 Å². The Bertz CT molecular complexity index is 1390. The van der Waals surface area contributed by atoms with Crippen LogP contribution in [0.1, 0.15) is 55.2 Å². The highest BCUT2D eigenvalue weighted by Gasteiger charge is 2.32. The topological polar surface area (TPSA) is 86.8 Å². The van der Waals surface area contributed by atoms with E-state index in [1.165, 1.54) is 10.6 Å².